The maximum absolute atomic E-state index is 12.5. The number of carbonyl (C=O) groups is 2. The van der Waals surface area contributed by atoms with Gasteiger partial charge in [0.1, 0.15) is 0 Å². The lowest BCUT2D eigenvalue weighted by Crippen LogP contribution is -2.46. The van der Waals surface area contributed by atoms with Crippen molar-refractivity contribution in [3.8, 4) is 0 Å². The Labute approximate surface area is 137 Å². The summed E-state index contributed by atoms with van der Waals surface area (Å²) in [6, 6.07) is 0.166. The molecular formula is C17H28N2O4. The summed E-state index contributed by atoms with van der Waals surface area (Å²) >= 11 is 0. The minimum atomic E-state index is -0.250. The van der Waals surface area contributed by atoms with Crippen molar-refractivity contribution in [2.75, 3.05) is 33.4 Å². The number of hydrogen-bond donors (Lipinski definition) is 1. The lowest BCUT2D eigenvalue weighted by Gasteiger charge is -2.34. The zero-order valence-electron chi connectivity index (χ0n) is 14.2. The zero-order valence-corrected chi connectivity index (χ0v) is 14.2. The molecular weight excluding hydrogens is 296 g/mol. The molecule has 0 aromatic rings. The standard InChI is InChI=1S/C17H28N2O4/c1-12(13-3-7-19(8-4-13)16(21)22-2)18-15(20)14-11-17(14)5-9-23-10-6-17/h12-14H,3-11H2,1-2H3,(H,18,20)/t12-,14-/m1/s1. The molecule has 2 amide bonds. The van der Waals surface area contributed by atoms with Crippen LogP contribution in [0.1, 0.15) is 39.0 Å². The highest BCUT2D eigenvalue weighted by molar-refractivity contribution is 5.82. The summed E-state index contributed by atoms with van der Waals surface area (Å²) in [4.78, 5) is 25.8. The Kier molecular flexibility index (Phi) is 4.80. The molecule has 0 aromatic carbocycles. The van der Waals surface area contributed by atoms with Crippen LogP contribution in [0.3, 0.4) is 0 Å². The molecule has 2 atom stereocenters. The molecule has 0 unspecified atom stereocenters. The highest BCUT2D eigenvalue weighted by Gasteiger charge is 2.58. The molecule has 1 N–H and O–H groups in total. The largest absolute Gasteiger partial charge is 0.453 e. The second-order valence-corrected chi connectivity index (χ2v) is 7.32. The summed E-state index contributed by atoms with van der Waals surface area (Å²) in [6.45, 7) is 5.11. The molecule has 1 aliphatic carbocycles. The summed E-state index contributed by atoms with van der Waals surface area (Å²) in [5.41, 5.74) is 0.232. The first-order chi connectivity index (χ1) is 11.1. The van der Waals surface area contributed by atoms with Gasteiger partial charge in [-0.3, -0.25) is 4.79 Å². The average molecular weight is 324 g/mol. The number of nitrogens with zero attached hydrogens (tertiary/aromatic N) is 1. The van der Waals surface area contributed by atoms with Gasteiger partial charge in [-0.15, -0.1) is 0 Å². The van der Waals surface area contributed by atoms with Crippen LogP contribution < -0.4 is 5.32 Å². The highest BCUT2D eigenvalue weighted by Crippen LogP contribution is 2.59. The molecule has 3 fully saturated rings. The van der Waals surface area contributed by atoms with E-state index in [2.05, 4.69) is 12.2 Å². The van der Waals surface area contributed by atoms with Gasteiger partial charge >= 0.3 is 6.09 Å². The fourth-order valence-electron chi connectivity index (χ4n) is 4.20. The van der Waals surface area contributed by atoms with Gasteiger partial charge in [0.2, 0.25) is 5.91 Å². The first-order valence-electron chi connectivity index (χ1n) is 8.77. The fraction of sp³-hybridized carbons (Fsp3) is 0.882. The minimum Gasteiger partial charge on any atom is -0.453 e. The van der Waals surface area contributed by atoms with Crippen molar-refractivity contribution in [3.05, 3.63) is 0 Å². The first-order valence-corrected chi connectivity index (χ1v) is 8.77. The SMILES string of the molecule is COC(=O)N1CCC([C@@H](C)NC(=O)[C@H]2CC23CCOCC3)CC1. The van der Waals surface area contributed by atoms with Crippen molar-refractivity contribution >= 4 is 12.0 Å². The van der Waals surface area contributed by atoms with Crippen LogP contribution in [0.5, 0.6) is 0 Å². The van der Waals surface area contributed by atoms with Crippen molar-refractivity contribution in [1.29, 1.82) is 0 Å². The Balaban J connectivity index is 1.44. The van der Waals surface area contributed by atoms with Crippen molar-refractivity contribution in [3.63, 3.8) is 0 Å². The second-order valence-electron chi connectivity index (χ2n) is 7.32. The van der Waals surface area contributed by atoms with Crippen LogP contribution >= 0.6 is 0 Å². The van der Waals surface area contributed by atoms with Crippen molar-refractivity contribution < 1.29 is 19.1 Å². The third kappa shape index (κ3) is 3.47. The van der Waals surface area contributed by atoms with E-state index >= 15 is 0 Å². The predicted octanol–water partition coefficient (Wildman–Crippen LogP) is 1.79. The van der Waals surface area contributed by atoms with Crippen molar-refractivity contribution in [2.45, 2.75) is 45.1 Å². The molecule has 1 spiro atoms. The third-order valence-electron chi connectivity index (χ3n) is 6.04. The summed E-state index contributed by atoms with van der Waals surface area (Å²) in [7, 11) is 1.42. The van der Waals surface area contributed by atoms with Gasteiger partial charge in [-0.25, -0.2) is 4.79 Å². The molecule has 2 saturated heterocycles. The van der Waals surface area contributed by atoms with E-state index < -0.39 is 0 Å². The number of piperidine rings is 1. The Morgan fingerprint density at radius 3 is 2.52 bits per heavy atom. The van der Waals surface area contributed by atoms with E-state index in [1.165, 1.54) is 7.11 Å². The van der Waals surface area contributed by atoms with Gasteiger partial charge in [0.05, 0.1) is 7.11 Å². The van der Waals surface area contributed by atoms with E-state index in [1.807, 2.05) is 0 Å². The molecule has 130 valence electrons. The minimum absolute atomic E-state index is 0.166. The average Bonchev–Trinajstić information content (AvgIpc) is 3.28. The van der Waals surface area contributed by atoms with E-state index in [0.29, 0.717) is 19.0 Å². The number of likely N-dealkylation sites (tertiary alicyclic amines) is 1. The Morgan fingerprint density at radius 2 is 1.91 bits per heavy atom. The van der Waals surface area contributed by atoms with Gasteiger partial charge in [0.25, 0.3) is 0 Å². The normalized spacial score (nSPS) is 28.3. The van der Waals surface area contributed by atoms with E-state index in [1.54, 1.807) is 4.90 Å². The Bertz CT molecular complexity index is 454. The van der Waals surface area contributed by atoms with Gasteiger partial charge in [-0.2, -0.15) is 0 Å². The van der Waals surface area contributed by atoms with Crippen LogP contribution in [-0.2, 0) is 14.3 Å². The molecule has 0 aromatic heterocycles. The zero-order chi connectivity index (χ0) is 16.4. The molecule has 1 saturated carbocycles. The van der Waals surface area contributed by atoms with Gasteiger partial charge in [0, 0.05) is 38.3 Å². The van der Waals surface area contributed by atoms with E-state index in [-0.39, 0.29) is 29.4 Å². The quantitative estimate of drug-likeness (QED) is 0.859. The van der Waals surface area contributed by atoms with E-state index in [9.17, 15) is 9.59 Å². The number of carbonyl (C=O) groups excluding carboxylic acids is 2. The van der Waals surface area contributed by atoms with Crippen LogP contribution in [-0.4, -0.2) is 56.4 Å². The molecule has 2 aliphatic heterocycles. The highest BCUT2D eigenvalue weighted by atomic mass is 16.5. The summed E-state index contributed by atoms with van der Waals surface area (Å²) in [5.74, 6) is 0.836. The van der Waals surface area contributed by atoms with E-state index in [4.69, 9.17) is 9.47 Å². The van der Waals surface area contributed by atoms with Crippen molar-refractivity contribution in [1.82, 2.24) is 10.2 Å². The smallest absolute Gasteiger partial charge is 0.409 e. The molecule has 0 bridgehead atoms. The number of ether oxygens (including phenoxy) is 2. The van der Waals surface area contributed by atoms with Crippen LogP contribution in [0.4, 0.5) is 4.79 Å². The number of amides is 2. The maximum Gasteiger partial charge on any atom is 0.409 e. The molecule has 2 heterocycles. The fourth-order valence-corrected chi connectivity index (χ4v) is 4.20. The molecule has 6 nitrogen and oxygen atoms in total. The number of rotatable bonds is 3. The Morgan fingerprint density at radius 1 is 1.26 bits per heavy atom. The lowest BCUT2D eigenvalue weighted by molar-refractivity contribution is -0.124. The molecule has 3 rings (SSSR count). The van der Waals surface area contributed by atoms with Crippen LogP contribution in [0.25, 0.3) is 0 Å². The van der Waals surface area contributed by atoms with Crippen LogP contribution in [0.15, 0.2) is 0 Å². The summed E-state index contributed by atoms with van der Waals surface area (Å²) in [5, 5.41) is 3.23. The molecule has 23 heavy (non-hydrogen) atoms. The number of hydrogen-bond acceptors (Lipinski definition) is 4. The summed E-state index contributed by atoms with van der Waals surface area (Å²) in [6.07, 6.45) is 4.66. The van der Waals surface area contributed by atoms with Gasteiger partial charge in [0.15, 0.2) is 0 Å². The van der Waals surface area contributed by atoms with Gasteiger partial charge in [-0.05, 0) is 50.4 Å². The molecule has 0 radical (unpaired) electrons. The monoisotopic (exact) mass is 324 g/mol. The van der Waals surface area contributed by atoms with Crippen LogP contribution in [0, 0.1) is 17.3 Å². The summed E-state index contributed by atoms with van der Waals surface area (Å²) < 4.78 is 10.2. The number of nitrogens with one attached hydrogen (secondary N) is 1. The molecule has 6 heteroatoms. The third-order valence-corrected chi connectivity index (χ3v) is 6.04. The van der Waals surface area contributed by atoms with E-state index in [0.717, 1.165) is 45.3 Å². The first kappa shape index (κ1) is 16.6. The number of methoxy groups -OCH3 is 1. The topological polar surface area (TPSA) is 67.9 Å². The van der Waals surface area contributed by atoms with Gasteiger partial charge in [-0.1, -0.05) is 0 Å². The predicted molar refractivity (Wildman–Crippen MR) is 84.9 cm³/mol. The lowest BCUT2D eigenvalue weighted by atomic mass is 9.89. The maximum atomic E-state index is 12.5. The second kappa shape index (κ2) is 6.67. The Hall–Kier alpha value is -1.30. The van der Waals surface area contributed by atoms with Crippen molar-refractivity contribution in [2.24, 2.45) is 17.3 Å². The van der Waals surface area contributed by atoms with Gasteiger partial charge < -0.3 is 19.7 Å². The molecule has 3 aliphatic rings. The van der Waals surface area contributed by atoms with Crippen LogP contribution in [0.2, 0.25) is 0 Å².